The van der Waals surface area contributed by atoms with Gasteiger partial charge in [-0.05, 0) is 40.0 Å². The van der Waals surface area contributed by atoms with E-state index in [4.69, 9.17) is 11.6 Å². The van der Waals surface area contributed by atoms with Crippen LogP contribution in [0.5, 0.6) is 0 Å². The van der Waals surface area contributed by atoms with E-state index < -0.39 is 6.04 Å². The number of carbonyl (C=O) groups is 1. The van der Waals surface area contributed by atoms with Gasteiger partial charge in [-0.1, -0.05) is 24.6 Å². The van der Waals surface area contributed by atoms with Crippen molar-refractivity contribution >= 4 is 39.4 Å². The van der Waals surface area contributed by atoms with Gasteiger partial charge in [0.05, 0.1) is 5.02 Å². The second-order valence-corrected chi connectivity index (χ2v) is 5.23. The van der Waals surface area contributed by atoms with Crippen LogP contribution in [0.25, 0.3) is 0 Å². The van der Waals surface area contributed by atoms with Gasteiger partial charge in [0.2, 0.25) is 0 Å². The van der Waals surface area contributed by atoms with Crippen LogP contribution in [0, 0.1) is 0 Å². The van der Waals surface area contributed by atoms with Crippen molar-refractivity contribution in [2.24, 2.45) is 4.99 Å². The van der Waals surface area contributed by atoms with Gasteiger partial charge in [0.1, 0.15) is 6.04 Å². The number of halogens is 2. The molecule has 1 amide bonds. The van der Waals surface area contributed by atoms with Crippen LogP contribution in [0.1, 0.15) is 24.9 Å². The average Bonchev–Trinajstić information content (AvgIpc) is 2.71. The number of benzene rings is 1. The van der Waals surface area contributed by atoms with E-state index in [0.29, 0.717) is 17.5 Å². The smallest absolute Gasteiger partial charge is 0.253 e. The van der Waals surface area contributed by atoms with Gasteiger partial charge < -0.3 is 5.32 Å². The third-order valence-corrected chi connectivity index (χ3v) is 3.77. The first kappa shape index (κ1) is 13.4. The zero-order valence-corrected chi connectivity index (χ0v) is 12.2. The van der Waals surface area contributed by atoms with Crippen LogP contribution in [-0.2, 0) is 4.79 Å². The van der Waals surface area contributed by atoms with E-state index in [2.05, 4.69) is 31.6 Å². The number of hydrogen-bond donors (Lipinski definition) is 2. The molecule has 0 saturated carbocycles. The Kier molecular flexibility index (Phi) is 4.24. The van der Waals surface area contributed by atoms with E-state index in [0.717, 1.165) is 16.5 Å². The highest BCUT2D eigenvalue weighted by molar-refractivity contribution is 9.10. The van der Waals surface area contributed by atoms with Crippen LogP contribution < -0.4 is 10.6 Å². The van der Waals surface area contributed by atoms with E-state index in [9.17, 15) is 4.79 Å². The summed E-state index contributed by atoms with van der Waals surface area (Å²) in [6.07, 6.45) is 0.943. The molecule has 18 heavy (non-hydrogen) atoms. The minimum absolute atomic E-state index is 0.0981. The standard InChI is InChI=1S/C12H13BrClN3O/c1-2-5-15-12-16-10(11(18)17-12)7-3-4-9(14)8(13)6-7/h3-4,6,10H,2,5H2,1H3,(H2,15,16,17,18). The molecule has 0 aliphatic carbocycles. The Morgan fingerprint density at radius 1 is 1.50 bits per heavy atom. The van der Waals surface area contributed by atoms with Crippen molar-refractivity contribution in [2.45, 2.75) is 19.4 Å². The summed E-state index contributed by atoms with van der Waals surface area (Å²) in [6.45, 7) is 2.73. The third-order valence-electron chi connectivity index (χ3n) is 2.56. The second kappa shape index (κ2) is 5.71. The van der Waals surface area contributed by atoms with E-state index in [1.807, 2.05) is 19.1 Å². The largest absolute Gasteiger partial charge is 0.340 e. The quantitative estimate of drug-likeness (QED) is 0.895. The van der Waals surface area contributed by atoms with Gasteiger partial charge in [-0.3, -0.25) is 15.1 Å². The van der Waals surface area contributed by atoms with Crippen LogP contribution >= 0.6 is 27.5 Å². The summed E-state index contributed by atoms with van der Waals surface area (Å²) in [7, 11) is 0. The average molecular weight is 331 g/mol. The number of rotatable bonds is 3. The van der Waals surface area contributed by atoms with E-state index in [-0.39, 0.29) is 5.91 Å². The topological polar surface area (TPSA) is 53.5 Å². The molecule has 0 aromatic heterocycles. The number of amides is 1. The first-order valence-corrected chi connectivity index (χ1v) is 6.85. The molecule has 1 aromatic rings. The monoisotopic (exact) mass is 329 g/mol. The molecule has 2 rings (SSSR count). The summed E-state index contributed by atoms with van der Waals surface area (Å²) < 4.78 is 0.773. The maximum atomic E-state index is 11.8. The molecule has 1 aliphatic heterocycles. The normalized spacial score (nSPS) is 20.9. The fraction of sp³-hybridized carbons (Fsp3) is 0.333. The van der Waals surface area contributed by atoms with Crippen LogP contribution in [0.4, 0.5) is 0 Å². The maximum absolute atomic E-state index is 11.8. The Hall–Kier alpha value is -1.07. The number of guanidine groups is 1. The van der Waals surface area contributed by atoms with Gasteiger partial charge in [-0.25, -0.2) is 0 Å². The predicted molar refractivity (Wildman–Crippen MR) is 75.8 cm³/mol. The van der Waals surface area contributed by atoms with Crippen molar-refractivity contribution < 1.29 is 4.79 Å². The molecule has 1 fully saturated rings. The third kappa shape index (κ3) is 2.84. The van der Waals surface area contributed by atoms with Gasteiger partial charge in [0.15, 0.2) is 5.96 Å². The fourth-order valence-electron chi connectivity index (χ4n) is 1.66. The molecule has 2 N–H and O–H groups in total. The zero-order valence-electron chi connectivity index (χ0n) is 9.84. The fourth-order valence-corrected chi connectivity index (χ4v) is 2.18. The molecular weight excluding hydrogens is 318 g/mol. The Balaban J connectivity index is 2.19. The van der Waals surface area contributed by atoms with Gasteiger partial charge in [-0.15, -0.1) is 0 Å². The van der Waals surface area contributed by atoms with Crippen molar-refractivity contribution in [3.8, 4) is 0 Å². The number of aliphatic imine (C=N–C) groups is 1. The minimum Gasteiger partial charge on any atom is -0.340 e. The molecule has 0 radical (unpaired) electrons. The van der Waals surface area contributed by atoms with Crippen molar-refractivity contribution in [2.75, 3.05) is 6.54 Å². The first-order chi connectivity index (χ1) is 8.61. The number of carbonyl (C=O) groups excluding carboxylic acids is 1. The number of nitrogens with zero attached hydrogens (tertiary/aromatic N) is 1. The molecule has 1 saturated heterocycles. The Morgan fingerprint density at radius 2 is 2.28 bits per heavy atom. The van der Waals surface area contributed by atoms with E-state index in [1.165, 1.54) is 0 Å². The molecule has 1 unspecified atom stereocenters. The second-order valence-electron chi connectivity index (χ2n) is 3.97. The summed E-state index contributed by atoms with van der Waals surface area (Å²) in [5.74, 6) is 0.442. The highest BCUT2D eigenvalue weighted by atomic mass is 79.9. The van der Waals surface area contributed by atoms with Gasteiger partial charge in [-0.2, -0.15) is 0 Å². The predicted octanol–water partition coefficient (Wildman–Crippen LogP) is 2.63. The lowest BCUT2D eigenvalue weighted by Gasteiger charge is -2.09. The van der Waals surface area contributed by atoms with E-state index in [1.54, 1.807) is 6.07 Å². The molecule has 1 aromatic carbocycles. The van der Waals surface area contributed by atoms with Crippen LogP contribution in [0.15, 0.2) is 27.7 Å². The highest BCUT2D eigenvalue weighted by Crippen LogP contribution is 2.27. The summed E-state index contributed by atoms with van der Waals surface area (Å²) in [5.41, 5.74) is 0.852. The van der Waals surface area contributed by atoms with Gasteiger partial charge in [0, 0.05) is 11.0 Å². The van der Waals surface area contributed by atoms with Crippen LogP contribution in [0.3, 0.4) is 0 Å². The summed E-state index contributed by atoms with van der Waals surface area (Å²) in [5, 5.41) is 6.41. The lowest BCUT2D eigenvalue weighted by molar-refractivity contribution is -0.120. The van der Waals surface area contributed by atoms with Crippen molar-refractivity contribution in [1.29, 1.82) is 0 Å². The summed E-state index contributed by atoms with van der Waals surface area (Å²) in [4.78, 5) is 16.1. The van der Waals surface area contributed by atoms with Crippen LogP contribution in [-0.4, -0.2) is 18.4 Å². The molecule has 4 nitrogen and oxygen atoms in total. The molecule has 96 valence electrons. The molecule has 1 atom stereocenters. The van der Waals surface area contributed by atoms with Crippen molar-refractivity contribution in [3.63, 3.8) is 0 Å². The molecule has 0 spiro atoms. The Morgan fingerprint density at radius 3 is 2.94 bits per heavy atom. The zero-order chi connectivity index (χ0) is 13.1. The SMILES string of the molecule is CCCN=C1NC(=O)C(c2ccc(Cl)c(Br)c2)N1. The Bertz CT molecular complexity index is 504. The number of nitrogens with one attached hydrogen (secondary N) is 2. The van der Waals surface area contributed by atoms with Gasteiger partial charge in [0.25, 0.3) is 5.91 Å². The lowest BCUT2D eigenvalue weighted by Crippen LogP contribution is -2.25. The number of hydrogen-bond acceptors (Lipinski definition) is 2. The van der Waals surface area contributed by atoms with Crippen LogP contribution in [0.2, 0.25) is 5.02 Å². The summed E-state index contributed by atoms with van der Waals surface area (Å²) >= 11 is 9.28. The van der Waals surface area contributed by atoms with E-state index >= 15 is 0 Å². The Labute approximate surface area is 119 Å². The summed E-state index contributed by atoms with van der Waals surface area (Å²) in [6, 6.07) is 5.01. The van der Waals surface area contributed by atoms with Crippen molar-refractivity contribution in [1.82, 2.24) is 10.6 Å². The minimum atomic E-state index is -0.408. The molecule has 0 bridgehead atoms. The van der Waals surface area contributed by atoms with Crippen molar-refractivity contribution in [3.05, 3.63) is 33.3 Å². The highest BCUT2D eigenvalue weighted by Gasteiger charge is 2.29. The van der Waals surface area contributed by atoms with Gasteiger partial charge >= 0.3 is 0 Å². The maximum Gasteiger partial charge on any atom is 0.253 e. The molecule has 1 heterocycles. The first-order valence-electron chi connectivity index (χ1n) is 5.68. The molecule has 6 heteroatoms. The lowest BCUT2D eigenvalue weighted by atomic mass is 10.1. The molecule has 1 aliphatic rings. The molecular formula is C12H13BrClN3O.